The minimum absolute atomic E-state index is 0.116. The summed E-state index contributed by atoms with van der Waals surface area (Å²) in [5.41, 5.74) is 1.20. The van der Waals surface area contributed by atoms with Gasteiger partial charge in [0.2, 0.25) is 5.43 Å². The number of pyridine rings is 1. The monoisotopic (exact) mass is 343 g/mol. The number of aryl methyl sites for hydroxylation is 1. The van der Waals surface area contributed by atoms with Crippen molar-refractivity contribution in [3.8, 4) is 16.6 Å². The van der Waals surface area contributed by atoms with Crippen LogP contribution in [0, 0.1) is 6.92 Å². The first-order valence-corrected chi connectivity index (χ1v) is 8.17. The van der Waals surface area contributed by atoms with Gasteiger partial charge in [0.05, 0.1) is 12.8 Å². The van der Waals surface area contributed by atoms with Crippen molar-refractivity contribution in [2.45, 2.75) is 13.5 Å². The standard InChI is InChI=1S/C16H17N5O2S/c1-10-14(23-3)13(22)11(8-19-10)9-21(2)12-4-5-17-15(20-12)16-18-6-7-24-16/h4-8H,9H2,1-3H3,(H,19,22). The Hall–Kier alpha value is -2.74. The molecule has 1 N–H and O–H groups in total. The van der Waals surface area contributed by atoms with Gasteiger partial charge in [-0.15, -0.1) is 11.3 Å². The van der Waals surface area contributed by atoms with Crippen LogP contribution in [0.4, 0.5) is 5.82 Å². The second-order valence-electron chi connectivity index (χ2n) is 5.23. The molecule has 8 heteroatoms. The van der Waals surface area contributed by atoms with Crippen LogP contribution in [-0.4, -0.2) is 34.1 Å². The number of H-pyrrole nitrogens is 1. The predicted molar refractivity (Wildman–Crippen MR) is 93.6 cm³/mol. The van der Waals surface area contributed by atoms with Gasteiger partial charge in [-0.05, 0) is 13.0 Å². The fraction of sp³-hybridized carbons (Fsp3) is 0.250. The zero-order valence-electron chi connectivity index (χ0n) is 13.6. The molecule has 124 valence electrons. The molecule has 0 radical (unpaired) electrons. The highest BCUT2D eigenvalue weighted by Crippen LogP contribution is 2.20. The van der Waals surface area contributed by atoms with E-state index in [0.717, 1.165) is 5.01 Å². The molecule has 3 heterocycles. The molecule has 3 aromatic heterocycles. The van der Waals surface area contributed by atoms with Gasteiger partial charge >= 0.3 is 0 Å². The largest absolute Gasteiger partial charge is 0.491 e. The molecule has 0 aliphatic carbocycles. The van der Waals surface area contributed by atoms with Gasteiger partial charge in [0.25, 0.3) is 0 Å². The van der Waals surface area contributed by atoms with Crippen molar-refractivity contribution in [3.05, 3.63) is 51.5 Å². The van der Waals surface area contributed by atoms with E-state index in [1.807, 2.05) is 17.3 Å². The molecular weight excluding hydrogens is 326 g/mol. The molecule has 0 bridgehead atoms. The topological polar surface area (TPSA) is 84.0 Å². The number of aromatic amines is 1. The van der Waals surface area contributed by atoms with Crippen LogP contribution >= 0.6 is 11.3 Å². The van der Waals surface area contributed by atoms with E-state index in [9.17, 15) is 4.79 Å². The summed E-state index contributed by atoms with van der Waals surface area (Å²) >= 11 is 1.48. The highest BCUT2D eigenvalue weighted by Gasteiger charge is 2.13. The molecule has 0 aliphatic rings. The van der Waals surface area contributed by atoms with Gasteiger partial charge < -0.3 is 14.6 Å². The van der Waals surface area contributed by atoms with Crippen molar-refractivity contribution >= 4 is 17.2 Å². The van der Waals surface area contributed by atoms with Crippen LogP contribution < -0.4 is 15.1 Å². The van der Waals surface area contributed by atoms with Crippen molar-refractivity contribution in [1.29, 1.82) is 0 Å². The SMILES string of the molecule is COc1c(C)[nH]cc(CN(C)c2ccnc(-c3nccs3)n2)c1=O. The second kappa shape index (κ2) is 6.79. The summed E-state index contributed by atoms with van der Waals surface area (Å²) in [5, 5.41) is 2.65. The molecule has 0 atom stereocenters. The summed E-state index contributed by atoms with van der Waals surface area (Å²) < 4.78 is 5.18. The van der Waals surface area contributed by atoms with E-state index in [4.69, 9.17) is 4.74 Å². The average Bonchev–Trinajstić information content (AvgIpc) is 3.12. The third-order valence-corrected chi connectivity index (χ3v) is 4.34. The Balaban J connectivity index is 1.87. The van der Waals surface area contributed by atoms with Gasteiger partial charge in [-0.2, -0.15) is 0 Å². The lowest BCUT2D eigenvalue weighted by atomic mass is 10.2. The van der Waals surface area contributed by atoms with E-state index in [-0.39, 0.29) is 5.43 Å². The molecule has 0 spiro atoms. The molecule has 3 rings (SSSR count). The third-order valence-electron chi connectivity index (χ3n) is 3.57. The maximum Gasteiger partial charge on any atom is 0.228 e. The fourth-order valence-corrected chi connectivity index (χ4v) is 2.92. The van der Waals surface area contributed by atoms with Crippen molar-refractivity contribution < 1.29 is 4.74 Å². The molecule has 0 fully saturated rings. The summed E-state index contributed by atoms with van der Waals surface area (Å²) in [6.07, 6.45) is 5.12. The Morgan fingerprint density at radius 3 is 2.88 bits per heavy atom. The lowest BCUT2D eigenvalue weighted by Crippen LogP contribution is -2.24. The van der Waals surface area contributed by atoms with Crippen LogP contribution in [0.3, 0.4) is 0 Å². The van der Waals surface area contributed by atoms with E-state index in [2.05, 4.69) is 19.9 Å². The summed E-state index contributed by atoms with van der Waals surface area (Å²) in [6.45, 7) is 2.21. The van der Waals surface area contributed by atoms with Crippen LogP contribution in [0.1, 0.15) is 11.3 Å². The van der Waals surface area contributed by atoms with E-state index < -0.39 is 0 Å². The molecule has 0 saturated carbocycles. The van der Waals surface area contributed by atoms with Gasteiger partial charge in [-0.1, -0.05) is 0 Å². The zero-order chi connectivity index (χ0) is 17.1. The van der Waals surface area contributed by atoms with Crippen LogP contribution in [-0.2, 0) is 6.54 Å². The molecule has 7 nitrogen and oxygen atoms in total. The number of thiazole rings is 1. The number of rotatable bonds is 5. The van der Waals surface area contributed by atoms with E-state index >= 15 is 0 Å². The number of aromatic nitrogens is 4. The lowest BCUT2D eigenvalue weighted by molar-refractivity contribution is 0.404. The molecule has 0 saturated heterocycles. The highest BCUT2D eigenvalue weighted by molar-refractivity contribution is 7.12. The van der Waals surface area contributed by atoms with Crippen molar-refractivity contribution in [1.82, 2.24) is 19.9 Å². The summed E-state index contributed by atoms with van der Waals surface area (Å²) in [4.78, 5) is 30.4. The van der Waals surface area contributed by atoms with Crippen LogP contribution in [0.5, 0.6) is 5.75 Å². The van der Waals surface area contributed by atoms with Crippen molar-refractivity contribution in [2.24, 2.45) is 0 Å². The maximum atomic E-state index is 12.4. The number of hydrogen-bond acceptors (Lipinski definition) is 7. The fourth-order valence-electron chi connectivity index (χ4n) is 2.34. The van der Waals surface area contributed by atoms with Crippen LogP contribution in [0.15, 0.2) is 34.8 Å². The number of nitrogens with zero attached hydrogens (tertiary/aromatic N) is 4. The minimum Gasteiger partial charge on any atom is -0.491 e. The Morgan fingerprint density at radius 2 is 2.17 bits per heavy atom. The molecule has 0 unspecified atom stereocenters. The van der Waals surface area contributed by atoms with Gasteiger partial charge in [0, 0.05) is 43.1 Å². The van der Waals surface area contributed by atoms with Crippen LogP contribution in [0.2, 0.25) is 0 Å². The Morgan fingerprint density at radius 1 is 1.33 bits per heavy atom. The molecule has 0 aromatic carbocycles. The average molecular weight is 343 g/mol. The first-order chi connectivity index (χ1) is 11.6. The number of methoxy groups -OCH3 is 1. The molecule has 0 amide bonds. The predicted octanol–water partition coefficient (Wildman–Crippen LogP) is 2.24. The van der Waals surface area contributed by atoms with E-state index in [1.54, 1.807) is 31.6 Å². The minimum atomic E-state index is -0.116. The maximum absolute atomic E-state index is 12.4. The first-order valence-electron chi connectivity index (χ1n) is 7.29. The van der Waals surface area contributed by atoms with Crippen LogP contribution in [0.25, 0.3) is 10.8 Å². The van der Waals surface area contributed by atoms with Gasteiger partial charge in [0.1, 0.15) is 5.82 Å². The van der Waals surface area contributed by atoms with Crippen molar-refractivity contribution in [2.75, 3.05) is 19.1 Å². The normalized spacial score (nSPS) is 10.6. The molecule has 3 aromatic rings. The zero-order valence-corrected chi connectivity index (χ0v) is 14.4. The summed E-state index contributed by atoms with van der Waals surface area (Å²) in [6, 6.07) is 1.80. The summed E-state index contributed by atoms with van der Waals surface area (Å²) in [7, 11) is 3.37. The number of hydrogen-bond donors (Lipinski definition) is 1. The lowest BCUT2D eigenvalue weighted by Gasteiger charge is -2.18. The first kappa shape index (κ1) is 16.1. The quantitative estimate of drug-likeness (QED) is 0.765. The van der Waals surface area contributed by atoms with Gasteiger partial charge in [-0.3, -0.25) is 4.79 Å². The van der Waals surface area contributed by atoms with E-state index in [1.165, 1.54) is 18.4 Å². The Labute approximate surface area is 143 Å². The van der Waals surface area contributed by atoms with Gasteiger partial charge in [-0.25, -0.2) is 15.0 Å². The number of nitrogens with one attached hydrogen (secondary N) is 1. The third kappa shape index (κ3) is 3.13. The molecule has 0 aliphatic heterocycles. The van der Waals surface area contributed by atoms with Crippen molar-refractivity contribution in [3.63, 3.8) is 0 Å². The Bertz CT molecular complexity index is 892. The summed E-state index contributed by atoms with van der Waals surface area (Å²) in [5.74, 6) is 1.63. The van der Waals surface area contributed by atoms with E-state index in [0.29, 0.717) is 35.2 Å². The molecular formula is C16H17N5O2S. The number of anilines is 1. The second-order valence-corrected chi connectivity index (χ2v) is 6.13. The smallest absolute Gasteiger partial charge is 0.228 e. The Kier molecular flexibility index (Phi) is 4.57. The number of ether oxygens (including phenoxy) is 1. The highest BCUT2D eigenvalue weighted by atomic mass is 32.1. The molecule has 24 heavy (non-hydrogen) atoms. The van der Waals surface area contributed by atoms with Gasteiger partial charge in [0.15, 0.2) is 16.6 Å².